The van der Waals surface area contributed by atoms with E-state index < -0.39 is 10.0 Å². The summed E-state index contributed by atoms with van der Waals surface area (Å²) in [5.41, 5.74) is 0.418. The fraction of sp³-hybridized carbons (Fsp3) is 0.611. The van der Waals surface area contributed by atoms with Crippen LogP contribution in [0.4, 0.5) is 5.69 Å². The van der Waals surface area contributed by atoms with E-state index in [-0.39, 0.29) is 31.0 Å². The number of anilines is 1. The number of nitrogens with zero attached hydrogens (tertiary/aromatic N) is 2. The molecule has 26 heavy (non-hydrogen) atoms. The maximum absolute atomic E-state index is 12.8. The number of carbonyl (C=O) groups excluding carboxylic acids is 1. The predicted octanol–water partition coefficient (Wildman–Crippen LogP) is 2.36. The molecule has 8 heteroatoms. The van der Waals surface area contributed by atoms with Gasteiger partial charge in [0.2, 0.25) is 22.7 Å². The minimum atomic E-state index is -3.60. The Balaban J connectivity index is 1.81. The van der Waals surface area contributed by atoms with Crippen LogP contribution in [-0.4, -0.2) is 51.4 Å². The van der Waals surface area contributed by atoms with Gasteiger partial charge in [0, 0.05) is 19.2 Å². The molecule has 2 aliphatic rings. The minimum Gasteiger partial charge on any atom is -0.454 e. The van der Waals surface area contributed by atoms with E-state index in [0.717, 1.165) is 25.7 Å². The van der Waals surface area contributed by atoms with Gasteiger partial charge < -0.3 is 14.4 Å². The van der Waals surface area contributed by atoms with E-state index in [2.05, 4.69) is 0 Å². The number of fused-ring (bicyclic) bond motifs is 1. The third-order valence-electron chi connectivity index (χ3n) is 5.14. The molecule has 1 aliphatic carbocycles. The highest BCUT2D eigenvalue weighted by Gasteiger charge is 2.29. The molecular formula is C18H26N2O5S. The summed E-state index contributed by atoms with van der Waals surface area (Å²) in [7, 11) is -1.83. The van der Waals surface area contributed by atoms with E-state index in [1.807, 2.05) is 0 Å². The van der Waals surface area contributed by atoms with E-state index in [9.17, 15) is 13.2 Å². The van der Waals surface area contributed by atoms with Crippen molar-refractivity contribution in [2.45, 2.75) is 45.1 Å². The maximum Gasteiger partial charge on any atom is 0.243 e. The van der Waals surface area contributed by atoms with Crippen molar-refractivity contribution >= 4 is 21.6 Å². The number of ether oxygens (including phenoxy) is 2. The van der Waals surface area contributed by atoms with E-state index in [1.165, 1.54) is 10.7 Å². The standard InChI is InChI=1S/C18H26N2O5S/c1-3-26(22,23)20(15-9-10-16-17(11-15)25-13-24-16)12-18(21)19(2)14-7-5-4-6-8-14/h9-11,14H,3-8,12-13H2,1-2H3. The van der Waals surface area contributed by atoms with Crippen molar-refractivity contribution < 1.29 is 22.7 Å². The zero-order valence-electron chi connectivity index (χ0n) is 15.3. The molecule has 3 rings (SSSR count). The molecule has 1 aliphatic heterocycles. The summed E-state index contributed by atoms with van der Waals surface area (Å²) in [6, 6.07) is 5.13. The first-order valence-electron chi connectivity index (χ1n) is 9.08. The first kappa shape index (κ1) is 18.8. The highest BCUT2D eigenvalue weighted by atomic mass is 32.2. The predicted molar refractivity (Wildman–Crippen MR) is 99.0 cm³/mol. The lowest BCUT2D eigenvalue weighted by atomic mass is 9.94. The highest BCUT2D eigenvalue weighted by Crippen LogP contribution is 2.36. The minimum absolute atomic E-state index is 0.0815. The average molecular weight is 382 g/mol. The van der Waals surface area contributed by atoms with E-state index >= 15 is 0 Å². The number of hydrogen-bond donors (Lipinski definition) is 0. The van der Waals surface area contributed by atoms with Crippen LogP contribution in [0, 0.1) is 0 Å². The monoisotopic (exact) mass is 382 g/mol. The number of rotatable bonds is 6. The highest BCUT2D eigenvalue weighted by molar-refractivity contribution is 7.92. The van der Waals surface area contributed by atoms with Crippen LogP contribution in [0.2, 0.25) is 0 Å². The van der Waals surface area contributed by atoms with Crippen molar-refractivity contribution in [3.63, 3.8) is 0 Å². The molecule has 0 atom stereocenters. The van der Waals surface area contributed by atoms with Crippen LogP contribution in [0.3, 0.4) is 0 Å². The van der Waals surface area contributed by atoms with E-state index in [0.29, 0.717) is 17.2 Å². The number of likely N-dealkylation sites (N-methyl/N-ethyl adjacent to an activating group) is 1. The van der Waals surface area contributed by atoms with Crippen molar-refractivity contribution in [3.05, 3.63) is 18.2 Å². The van der Waals surface area contributed by atoms with Gasteiger partial charge in [0.25, 0.3) is 0 Å². The molecular weight excluding hydrogens is 356 g/mol. The van der Waals surface area contributed by atoms with Crippen LogP contribution in [0.15, 0.2) is 18.2 Å². The van der Waals surface area contributed by atoms with Crippen molar-refractivity contribution in [3.8, 4) is 11.5 Å². The van der Waals surface area contributed by atoms with Gasteiger partial charge >= 0.3 is 0 Å². The molecule has 0 unspecified atom stereocenters. The van der Waals surface area contributed by atoms with Crippen LogP contribution in [0.1, 0.15) is 39.0 Å². The summed E-state index contributed by atoms with van der Waals surface area (Å²) >= 11 is 0. The van der Waals surface area contributed by atoms with Gasteiger partial charge in [-0.05, 0) is 31.9 Å². The molecule has 0 bridgehead atoms. The topological polar surface area (TPSA) is 76.2 Å². The first-order chi connectivity index (χ1) is 12.4. The maximum atomic E-state index is 12.8. The average Bonchev–Trinajstić information content (AvgIpc) is 3.13. The quantitative estimate of drug-likeness (QED) is 0.755. The Labute approximate surface area is 154 Å². The Morgan fingerprint density at radius 2 is 1.85 bits per heavy atom. The molecule has 1 saturated carbocycles. The largest absolute Gasteiger partial charge is 0.454 e. The Morgan fingerprint density at radius 1 is 1.15 bits per heavy atom. The Bertz CT molecular complexity index is 759. The van der Waals surface area contributed by atoms with Gasteiger partial charge in [0.1, 0.15) is 6.54 Å². The van der Waals surface area contributed by atoms with Crippen molar-refractivity contribution in [2.75, 3.05) is 30.4 Å². The lowest BCUT2D eigenvalue weighted by molar-refractivity contribution is -0.130. The SMILES string of the molecule is CCS(=O)(=O)N(CC(=O)N(C)C1CCCCC1)c1ccc2c(c1)OCO2. The molecule has 1 fully saturated rings. The molecule has 1 heterocycles. The van der Waals surface area contributed by atoms with Crippen LogP contribution in [0.25, 0.3) is 0 Å². The zero-order chi connectivity index (χ0) is 18.7. The second-order valence-corrected chi connectivity index (χ2v) is 8.92. The zero-order valence-corrected chi connectivity index (χ0v) is 16.1. The number of sulfonamides is 1. The summed E-state index contributed by atoms with van der Waals surface area (Å²) in [6.45, 7) is 1.48. The first-order valence-corrected chi connectivity index (χ1v) is 10.7. The van der Waals surface area contributed by atoms with Crippen molar-refractivity contribution in [2.24, 2.45) is 0 Å². The van der Waals surface area contributed by atoms with Gasteiger partial charge in [-0.25, -0.2) is 8.42 Å². The molecule has 0 spiro atoms. The summed E-state index contributed by atoms with van der Waals surface area (Å²) < 4.78 is 37.0. The van der Waals surface area contributed by atoms with Crippen molar-refractivity contribution in [1.29, 1.82) is 0 Å². The Hall–Kier alpha value is -1.96. The van der Waals surface area contributed by atoms with Crippen molar-refractivity contribution in [1.82, 2.24) is 4.90 Å². The van der Waals surface area contributed by atoms with Gasteiger partial charge in [-0.15, -0.1) is 0 Å². The number of amides is 1. The van der Waals surface area contributed by atoms with Gasteiger partial charge in [-0.1, -0.05) is 19.3 Å². The Morgan fingerprint density at radius 3 is 2.54 bits per heavy atom. The summed E-state index contributed by atoms with van der Waals surface area (Å²) in [6.07, 6.45) is 5.38. The summed E-state index contributed by atoms with van der Waals surface area (Å²) in [5, 5.41) is 0. The third-order valence-corrected chi connectivity index (χ3v) is 6.88. The molecule has 1 aromatic carbocycles. The Kier molecular flexibility index (Phi) is 5.60. The molecule has 0 saturated heterocycles. The normalized spacial score (nSPS) is 17.2. The summed E-state index contributed by atoms with van der Waals surface area (Å²) in [5.74, 6) is 0.800. The van der Waals surface area contributed by atoms with Crippen LogP contribution in [-0.2, 0) is 14.8 Å². The van der Waals surface area contributed by atoms with E-state index in [1.54, 1.807) is 37.1 Å². The molecule has 1 amide bonds. The number of carbonyl (C=O) groups is 1. The smallest absolute Gasteiger partial charge is 0.243 e. The van der Waals surface area contributed by atoms with Gasteiger partial charge in [-0.2, -0.15) is 0 Å². The fourth-order valence-corrected chi connectivity index (χ4v) is 4.51. The summed E-state index contributed by atoms with van der Waals surface area (Å²) in [4.78, 5) is 14.5. The third kappa shape index (κ3) is 3.90. The van der Waals surface area contributed by atoms with Gasteiger partial charge in [0.15, 0.2) is 11.5 Å². The molecule has 0 N–H and O–H groups in total. The lowest BCUT2D eigenvalue weighted by Gasteiger charge is -2.33. The number of benzene rings is 1. The second kappa shape index (κ2) is 7.73. The van der Waals surface area contributed by atoms with Gasteiger partial charge in [-0.3, -0.25) is 9.10 Å². The fourth-order valence-electron chi connectivity index (χ4n) is 3.45. The molecule has 1 aromatic rings. The van der Waals surface area contributed by atoms with Crippen LogP contribution < -0.4 is 13.8 Å². The molecule has 7 nitrogen and oxygen atoms in total. The van der Waals surface area contributed by atoms with Gasteiger partial charge in [0.05, 0.1) is 11.4 Å². The molecule has 0 radical (unpaired) electrons. The second-order valence-electron chi connectivity index (χ2n) is 6.74. The van der Waals surface area contributed by atoms with E-state index in [4.69, 9.17) is 9.47 Å². The van der Waals surface area contributed by atoms with Crippen LogP contribution >= 0.6 is 0 Å². The molecule has 144 valence electrons. The lowest BCUT2D eigenvalue weighted by Crippen LogP contribution is -2.46. The van der Waals surface area contributed by atoms with Crippen LogP contribution in [0.5, 0.6) is 11.5 Å². The number of hydrogen-bond acceptors (Lipinski definition) is 5. The molecule has 0 aromatic heterocycles.